The number of ketones is 1. The highest BCUT2D eigenvalue weighted by Crippen LogP contribution is 2.44. The van der Waals surface area contributed by atoms with Crippen LogP contribution in [0.1, 0.15) is 75.1 Å². The van der Waals surface area contributed by atoms with Gasteiger partial charge in [0.2, 0.25) is 14.9 Å². The van der Waals surface area contributed by atoms with Crippen LogP contribution in [0.25, 0.3) is 0 Å². The second-order valence-corrected chi connectivity index (χ2v) is 11.3. The van der Waals surface area contributed by atoms with Crippen LogP contribution in [0, 0.1) is 5.92 Å². The SMILES string of the molecule is [2H]c1cc([C@H](C)C2CC2)c(CC(=O)CS(=O)(=O)c2cc(C(C)(C)O)co2)c2c1CCC2. The fourth-order valence-corrected chi connectivity index (χ4v) is 5.63. The molecule has 4 rings (SSSR count). The van der Waals surface area contributed by atoms with Gasteiger partial charge in [-0.3, -0.25) is 4.79 Å². The van der Waals surface area contributed by atoms with Gasteiger partial charge >= 0.3 is 0 Å². The molecule has 2 aliphatic rings. The van der Waals surface area contributed by atoms with E-state index in [2.05, 4.69) is 6.92 Å². The lowest BCUT2D eigenvalue weighted by Gasteiger charge is -2.19. The number of fused-ring (bicyclic) bond motifs is 1. The molecule has 30 heavy (non-hydrogen) atoms. The molecule has 1 heterocycles. The highest BCUT2D eigenvalue weighted by atomic mass is 32.2. The highest BCUT2D eigenvalue weighted by Gasteiger charge is 2.33. The Labute approximate surface area is 179 Å². The monoisotopic (exact) mass is 431 g/mol. The second-order valence-electron chi connectivity index (χ2n) is 9.35. The number of hydrogen-bond donors (Lipinski definition) is 1. The first-order valence-electron chi connectivity index (χ1n) is 11.2. The lowest BCUT2D eigenvalue weighted by atomic mass is 9.86. The summed E-state index contributed by atoms with van der Waals surface area (Å²) >= 11 is 0. The summed E-state index contributed by atoms with van der Waals surface area (Å²) in [5, 5.41) is 9.76. The standard InChI is InChI=1S/C24H30O5S/c1-15(16-7-8-16)20-10-9-17-5-4-6-21(17)22(20)12-19(25)14-30(27,28)23-11-18(13-29-23)24(2,3)26/h9-11,13,15-16,26H,4-8,12,14H2,1-3H3/t15-/m1/s1/i9D. The Bertz CT molecular complexity index is 1120. The van der Waals surface area contributed by atoms with Crippen molar-refractivity contribution in [3.8, 4) is 0 Å². The Hall–Kier alpha value is -1.92. The van der Waals surface area contributed by atoms with Gasteiger partial charge in [0.15, 0.2) is 5.78 Å². The lowest BCUT2D eigenvalue weighted by molar-refractivity contribution is -0.116. The first kappa shape index (κ1) is 20.0. The minimum Gasteiger partial charge on any atom is -0.453 e. The third kappa shape index (κ3) is 4.26. The molecule has 0 spiro atoms. The van der Waals surface area contributed by atoms with Crippen LogP contribution in [0.4, 0.5) is 0 Å². The average Bonchev–Trinajstić information content (AvgIpc) is 3.17. The third-order valence-electron chi connectivity index (χ3n) is 6.47. The van der Waals surface area contributed by atoms with Crippen molar-refractivity contribution >= 4 is 15.6 Å². The number of furan rings is 1. The molecule has 1 aromatic heterocycles. The van der Waals surface area contributed by atoms with Gasteiger partial charge in [-0.25, -0.2) is 8.42 Å². The maximum absolute atomic E-state index is 12.9. The van der Waals surface area contributed by atoms with Gasteiger partial charge < -0.3 is 9.52 Å². The van der Waals surface area contributed by atoms with Gasteiger partial charge in [-0.15, -0.1) is 0 Å². The third-order valence-corrected chi connectivity index (χ3v) is 7.99. The zero-order valence-corrected chi connectivity index (χ0v) is 18.6. The maximum atomic E-state index is 12.9. The number of aliphatic hydroxyl groups is 1. The molecule has 0 bridgehead atoms. The van der Waals surface area contributed by atoms with E-state index in [1.165, 1.54) is 12.3 Å². The molecule has 0 aliphatic heterocycles. The zero-order chi connectivity index (χ0) is 22.6. The highest BCUT2D eigenvalue weighted by molar-refractivity contribution is 7.92. The van der Waals surface area contributed by atoms with Crippen molar-refractivity contribution in [3.05, 3.63) is 52.3 Å². The van der Waals surface area contributed by atoms with E-state index in [4.69, 9.17) is 5.79 Å². The number of sulfone groups is 1. The molecule has 0 amide bonds. The molecular weight excluding hydrogens is 400 g/mol. The van der Waals surface area contributed by atoms with E-state index in [0.29, 0.717) is 17.5 Å². The first-order chi connectivity index (χ1) is 14.5. The van der Waals surface area contributed by atoms with Crippen LogP contribution < -0.4 is 0 Å². The van der Waals surface area contributed by atoms with Crippen molar-refractivity contribution in [3.63, 3.8) is 0 Å². The molecule has 1 fully saturated rings. The summed E-state index contributed by atoms with van der Waals surface area (Å²) in [5.41, 5.74) is 3.21. The predicted molar refractivity (Wildman–Crippen MR) is 114 cm³/mol. The fourth-order valence-electron chi connectivity index (χ4n) is 4.46. The van der Waals surface area contributed by atoms with E-state index in [0.717, 1.165) is 54.4 Å². The van der Waals surface area contributed by atoms with E-state index in [-0.39, 0.29) is 23.2 Å². The van der Waals surface area contributed by atoms with Crippen molar-refractivity contribution < 1.29 is 24.1 Å². The summed E-state index contributed by atoms with van der Waals surface area (Å²) in [5.74, 6) is -0.161. The summed E-state index contributed by atoms with van der Waals surface area (Å²) in [6.45, 7) is 5.23. The minimum absolute atomic E-state index is 0.0628. The van der Waals surface area contributed by atoms with Crippen LogP contribution in [0.5, 0.6) is 0 Å². The number of rotatable bonds is 8. The molecule has 2 aliphatic carbocycles. The molecule has 1 atom stereocenters. The van der Waals surface area contributed by atoms with Gasteiger partial charge in [0.1, 0.15) is 5.75 Å². The van der Waals surface area contributed by atoms with Gasteiger partial charge in [-0.05, 0) is 80.0 Å². The molecule has 0 saturated heterocycles. The van der Waals surface area contributed by atoms with Crippen molar-refractivity contribution in [1.29, 1.82) is 0 Å². The Morgan fingerprint density at radius 2 is 2.10 bits per heavy atom. The quantitative estimate of drug-likeness (QED) is 0.680. The van der Waals surface area contributed by atoms with Crippen molar-refractivity contribution in [1.82, 2.24) is 0 Å². The molecule has 5 nitrogen and oxygen atoms in total. The molecule has 0 unspecified atom stereocenters. The van der Waals surface area contributed by atoms with Crippen molar-refractivity contribution in [2.24, 2.45) is 5.92 Å². The largest absolute Gasteiger partial charge is 0.453 e. The lowest BCUT2D eigenvalue weighted by Crippen LogP contribution is -2.20. The van der Waals surface area contributed by atoms with Crippen LogP contribution in [0.3, 0.4) is 0 Å². The Kier molecular flexibility index (Phi) is 5.10. The summed E-state index contributed by atoms with van der Waals surface area (Å²) in [7, 11) is -3.94. The van der Waals surface area contributed by atoms with Crippen LogP contribution in [0.15, 0.2) is 33.9 Å². The molecule has 1 saturated carbocycles. The zero-order valence-electron chi connectivity index (χ0n) is 18.8. The molecule has 162 valence electrons. The van der Waals surface area contributed by atoms with Gasteiger partial charge in [0.05, 0.1) is 13.2 Å². The van der Waals surface area contributed by atoms with Crippen molar-refractivity contribution in [2.75, 3.05) is 5.75 Å². The van der Waals surface area contributed by atoms with Gasteiger partial charge in [0.25, 0.3) is 0 Å². The predicted octanol–water partition coefficient (Wildman–Crippen LogP) is 4.09. The summed E-state index contributed by atoms with van der Waals surface area (Å²) in [6, 6.07) is 3.75. The molecule has 6 heteroatoms. The van der Waals surface area contributed by atoms with Crippen LogP contribution in [-0.2, 0) is 39.5 Å². The van der Waals surface area contributed by atoms with E-state index >= 15 is 0 Å². The van der Waals surface area contributed by atoms with Crippen molar-refractivity contribution in [2.45, 2.75) is 75.9 Å². The smallest absolute Gasteiger partial charge is 0.218 e. The number of Topliss-reactive ketones (excluding diaryl/α,β-unsaturated/α-hetero) is 1. The fraction of sp³-hybridized carbons (Fsp3) is 0.542. The van der Waals surface area contributed by atoms with Crippen LogP contribution in [-0.4, -0.2) is 25.1 Å². The van der Waals surface area contributed by atoms with Gasteiger partial charge in [-0.1, -0.05) is 19.0 Å². The summed E-state index contributed by atoms with van der Waals surface area (Å²) in [6.07, 6.45) is 6.26. The molecular formula is C24H30O5S. The maximum Gasteiger partial charge on any atom is 0.218 e. The minimum atomic E-state index is -3.94. The van der Waals surface area contributed by atoms with E-state index in [9.17, 15) is 18.3 Å². The van der Waals surface area contributed by atoms with E-state index in [1.54, 1.807) is 13.8 Å². The Morgan fingerprint density at radius 1 is 1.37 bits per heavy atom. The topological polar surface area (TPSA) is 84.6 Å². The molecule has 1 N–H and O–H groups in total. The first-order valence-corrected chi connectivity index (χ1v) is 12.3. The van der Waals surface area contributed by atoms with Gasteiger partial charge in [0, 0.05) is 18.1 Å². The van der Waals surface area contributed by atoms with Crippen LogP contribution >= 0.6 is 0 Å². The van der Waals surface area contributed by atoms with E-state index in [1.807, 2.05) is 6.07 Å². The normalized spacial score (nSPS) is 18.2. The second kappa shape index (κ2) is 7.65. The summed E-state index contributed by atoms with van der Waals surface area (Å²) in [4.78, 5) is 12.9. The number of hydrogen-bond acceptors (Lipinski definition) is 5. The number of benzene rings is 1. The Morgan fingerprint density at radius 3 is 2.73 bits per heavy atom. The Balaban J connectivity index is 1.60. The van der Waals surface area contributed by atoms with Crippen LogP contribution in [0.2, 0.25) is 0 Å². The molecule has 0 radical (unpaired) electrons. The average molecular weight is 432 g/mol. The molecule has 1 aromatic carbocycles. The summed E-state index contributed by atoms with van der Waals surface area (Å²) < 4.78 is 39.1. The number of carbonyl (C=O) groups excluding carboxylic acids is 1. The van der Waals surface area contributed by atoms with Gasteiger partial charge in [-0.2, -0.15) is 0 Å². The van der Waals surface area contributed by atoms with E-state index < -0.39 is 21.2 Å². The number of carbonyl (C=O) groups is 1. The molecule has 2 aromatic rings.